The summed E-state index contributed by atoms with van der Waals surface area (Å²) in [6, 6.07) is 13.5. The van der Waals surface area contributed by atoms with Crippen LogP contribution in [0.15, 0.2) is 42.5 Å². The van der Waals surface area contributed by atoms with Crippen LogP contribution in [0.1, 0.15) is 49.5 Å². The van der Waals surface area contributed by atoms with E-state index in [1.165, 1.54) is 0 Å². The van der Waals surface area contributed by atoms with Gasteiger partial charge in [-0.1, -0.05) is 0 Å². The maximum atomic E-state index is 12.9. The third kappa shape index (κ3) is 4.50. The van der Waals surface area contributed by atoms with Gasteiger partial charge >= 0.3 is 6.18 Å². The molecule has 2 heterocycles. The zero-order valence-corrected chi connectivity index (χ0v) is 18.1. The molecule has 1 N–H and O–H groups in total. The molecule has 4 rings (SSSR count). The SMILES string of the molecule is CC(C)(C)N1Cc2cc(Nc3ccc(N4CCC(C(F)(F)F)CC4)cc3)ccc2C1=O. The van der Waals surface area contributed by atoms with Crippen LogP contribution in [-0.4, -0.2) is 35.6 Å². The molecule has 0 saturated carbocycles. The average Bonchev–Trinajstić information content (AvgIpc) is 3.04. The lowest BCUT2D eigenvalue weighted by Gasteiger charge is -2.34. The Morgan fingerprint density at radius 1 is 0.935 bits per heavy atom. The number of benzene rings is 2. The highest BCUT2D eigenvalue weighted by molar-refractivity contribution is 5.99. The second-order valence-electron chi connectivity index (χ2n) is 9.41. The molecule has 2 aromatic carbocycles. The standard InChI is InChI=1S/C24H28F3N3O/c1-23(2,3)30-15-16-14-19(6-9-21(16)22(30)31)28-18-4-7-20(8-5-18)29-12-10-17(11-13-29)24(25,26)27/h4-9,14,17,28H,10-13,15H2,1-3H3. The summed E-state index contributed by atoms with van der Waals surface area (Å²) in [5.74, 6) is -1.13. The molecule has 0 atom stereocenters. The molecule has 166 valence electrons. The van der Waals surface area contributed by atoms with Crippen LogP contribution in [0.5, 0.6) is 0 Å². The summed E-state index contributed by atoms with van der Waals surface area (Å²) in [6.07, 6.45) is -3.81. The molecule has 2 aliphatic heterocycles. The minimum absolute atomic E-state index is 0.0627. The van der Waals surface area contributed by atoms with E-state index in [2.05, 4.69) is 5.32 Å². The maximum Gasteiger partial charge on any atom is 0.391 e. The van der Waals surface area contributed by atoms with E-state index in [0.29, 0.717) is 19.6 Å². The first kappa shape index (κ1) is 21.5. The molecule has 0 radical (unpaired) electrons. The van der Waals surface area contributed by atoms with Gasteiger partial charge in [0.15, 0.2) is 0 Å². The fraction of sp³-hybridized carbons (Fsp3) is 0.458. The third-order valence-corrected chi connectivity index (χ3v) is 6.20. The first-order valence-corrected chi connectivity index (χ1v) is 10.7. The molecule has 0 bridgehead atoms. The van der Waals surface area contributed by atoms with Crippen LogP contribution in [0.4, 0.5) is 30.2 Å². The summed E-state index contributed by atoms with van der Waals surface area (Å²) in [7, 11) is 0. The van der Waals surface area contributed by atoms with Crippen molar-refractivity contribution in [1.29, 1.82) is 0 Å². The van der Waals surface area contributed by atoms with Gasteiger partial charge in [-0.25, -0.2) is 0 Å². The van der Waals surface area contributed by atoms with Gasteiger partial charge in [0.25, 0.3) is 5.91 Å². The van der Waals surface area contributed by atoms with Crippen molar-refractivity contribution in [2.45, 2.75) is 51.9 Å². The molecule has 1 amide bonds. The number of piperidine rings is 1. The smallest absolute Gasteiger partial charge is 0.372 e. The summed E-state index contributed by atoms with van der Waals surface area (Å²) >= 11 is 0. The number of alkyl halides is 3. The molecule has 0 aliphatic carbocycles. The normalized spacial score (nSPS) is 17.8. The Morgan fingerprint density at radius 2 is 1.55 bits per heavy atom. The van der Waals surface area contributed by atoms with E-state index in [0.717, 1.165) is 28.2 Å². The lowest BCUT2D eigenvalue weighted by molar-refractivity contribution is -0.179. The summed E-state index contributed by atoms with van der Waals surface area (Å²) in [5.41, 5.74) is 4.26. The summed E-state index contributed by atoms with van der Waals surface area (Å²) in [4.78, 5) is 16.5. The molecule has 31 heavy (non-hydrogen) atoms. The number of hydrogen-bond donors (Lipinski definition) is 1. The van der Waals surface area contributed by atoms with E-state index in [-0.39, 0.29) is 24.3 Å². The predicted octanol–water partition coefficient (Wildman–Crippen LogP) is 5.96. The van der Waals surface area contributed by atoms with Crippen LogP contribution >= 0.6 is 0 Å². The molecule has 0 spiro atoms. The number of carbonyl (C=O) groups excluding carboxylic acids is 1. The Labute approximate surface area is 181 Å². The number of amides is 1. The van der Waals surface area contributed by atoms with Crippen LogP contribution in [0.3, 0.4) is 0 Å². The first-order chi connectivity index (χ1) is 14.5. The van der Waals surface area contributed by atoms with Gasteiger partial charge < -0.3 is 15.1 Å². The first-order valence-electron chi connectivity index (χ1n) is 10.7. The molecule has 0 unspecified atom stereocenters. The molecule has 2 aliphatic rings. The van der Waals surface area contributed by atoms with Gasteiger partial charge in [-0.05, 0) is 81.6 Å². The summed E-state index contributed by atoms with van der Waals surface area (Å²) < 4.78 is 38.6. The second-order valence-corrected chi connectivity index (χ2v) is 9.41. The number of nitrogens with one attached hydrogen (secondary N) is 1. The van der Waals surface area contributed by atoms with Gasteiger partial charge in [0, 0.05) is 47.8 Å². The monoisotopic (exact) mass is 431 g/mol. The Morgan fingerprint density at radius 3 is 2.13 bits per heavy atom. The number of rotatable bonds is 3. The lowest BCUT2D eigenvalue weighted by atomic mass is 9.96. The van der Waals surface area contributed by atoms with Crippen molar-refractivity contribution in [3.63, 3.8) is 0 Å². The van der Waals surface area contributed by atoms with Gasteiger partial charge in [0.2, 0.25) is 0 Å². The number of anilines is 3. The lowest BCUT2D eigenvalue weighted by Crippen LogP contribution is -2.41. The Bertz CT molecular complexity index is 956. The van der Waals surface area contributed by atoms with Gasteiger partial charge in [0.05, 0.1) is 5.92 Å². The van der Waals surface area contributed by atoms with E-state index in [4.69, 9.17) is 0 Å². The molecule has 1 fully saturated rings. The Kier molecular flexibility index (Phi) is 5.40. The number of fused-ring (bicyclic) bond motifs is 1. The van der Waals surface area contributed by atoms with E-state index < -0.39 is 12.1 Å². The maximum absolute atomic E-state index is 12.9. The Hall–Kier alpha value is -2.70. The van der Waals surface area contributed by atoms with Crippen LogP contribution in [0, 0.1) is 5.92 Å². The second kappa shape index (κ2) is 7.77. The highest BCUT2D eigenvalue weighted by atomic mass is 19.4. The minimum Gasteiger partial charge on any atom is -0.372 e. The predicted molar refractivity (Wildman–Crippen MR) is 117 cm³/mol. The van der Waals surface area contributed by atoms with Crippen LogP contribution in [0.2, 0.25) is 0 Å². The zero-order chi connectivity index (χ0) is 22.4. The summed E-state index contributed by atoms with van der Waals surface area (Å²) in [6.45, 7) is 7.52. The molecule has 4 nitrogen and oxygen atoms in total. The Balaban J connectivity index is 1.40. The van der Waals surface area contributed by atoms with Crippen molar-refractivity contribution in [1.82, 2.24) is 4.90 Å². The van der Waals surface area contributed by atoms with Crippen LogP contribution in [0.25, 0.3) is 0 Å². The van der Waals surface area contributed by atoms with Crippen LogP contribution < -0.4 is 10.2 Å². The highest BCUT2D eigenvalue weighted by Crippen LogP contribution is 2.36. The van der Waals surface area contributed by atoms with E-state index >= 15 is 0 Å². The molecular formula is C24H28F3N3O. The van der Waals surface area contributed by atoms with Crippen molar-refractivity contribution < 1.29 is 18.0 Å². The largest absolute Gasteiger partial charge is 0.391 e. The fourth-order valence-electron chi connectivity index (χ4n) is 4.33. The topological polar surface area (TPSA) is 35.6 Å². The minimum atomic E-state index is -4.09. The van der Waals surface area contributed by atoms with Crippen molar-refractivity contribution in [2.75, 3.05) is 23.3 Å². The quantitative estimate of drug-likeness (QED) is 0.651. The number of halogens is 3. The zero-order valence-electron chi connectivity index (χ0n) is 18.1. The van der Waals surface area contributed by atoms with Gasteiger partial charge in [-0.3, -0.25) is 4.79 Å². The van der Waals surface area contributed by atoms with Gasteiger partial charge in [-0.2, -0.15) is 13.2 Å². The van der Waals surface area contributed by atoms with Gasteiger partial charge in [-0.15, -0.1) is 0 Å². The van der Waals surface area contributed by atoms with E-state index in [1.807, 2.05) is 73.0 Å². The molecule has 7 heteroatoms. The molecule has 0 aromatic heterocycles. The highest BCUT2D eigenvalue weighted by Gasteiger charge is 2.41. The number of hydrogen-bond acceptors (Lipinski definition) is 3. The molecular weight excluding hydrogens is 403 g/mol. The van der Waals surface area contributed by atoms with Crippen molar-refractivity contribution >= 4 is 23.0 Å². The molecule has 2 aromatic rings. The average molecular weight is 432 g/mol. The fourth-order valence-corrected chi connectivity index (χ4v) is 4.33. The van der Waals surface area contributed by atoms with Crippen LogP contribution in [-0.2, 0) is 6.54 Å². The molecule has 1 saturated heterocycles. The summed E-state index contributed by atoms with van der Waals surface area (Å²) in [5, 5.41) is 3.36. The third-order valence-electron chi connectivity index (χ3n) is 6.20. The van der Waals surface area contributed by atoms with Crippen molar-refractivity contribution in [2.24, 2.45) is 5.92 Å². The van der Waals surface area contributed by atoms with Gasteiger partial charge in [0.1, 0.15) is 0 Å². The van der Waals surface area contributed by atoms with E-state index in [9.17, 15) is 18.0 Å². The number of nitrogens with zero attached hydrogens (tertiary/aromatic N) is 2. The van der Waals surface area contributed by atoms with Crippen molar-refractivity contribution in [3.05, 3.63) is 53.6 Å². The number of carbonyl (C=O) groups is 1. The van der Waals surface area contributed by atoms with Crippen molar-refractivity contribution in [3.8, 4) is 0 Å². The van der Waals surface area contributed by atoms with E-state index in [1.54, 1.807) is 0 Å².